The summed E-state index contributed by atoms with van der Waals surface area (Å²) in [6.07, 6.45) is 3.56. The second-order valence-corrected chi connectivity index (χ2v) is 5.63. The highest BCUT2D eigenvalue weighted by atomic mass is 16.2. The van der Waals surface area contributed by atoms with Crippen LogP contribution in [0.2, 0.25) is 0 Å². The molecule has 0 radical (unpaired) electrons. The molecule has 0 saturated carbocycles. The van der Waals surface area contributed by atoms with Crippen LogP contribution in [0.25, 0.3) is 0 Å². The summed E-state index contributed by atoms with van der Waals surface area (Å²) in [6.45, 7) is 4.45. The van der Waals surface area contributed by atoms with Crippen LogP contribution < -0.4 is 10.2 Å². The van der Waals surface area contributed by atoms with Gasteiger partial charge in [-0.25, -0.2) is 0 Å². The molecule has 2 saturated heterocycles. The van der Waals surface area contributed by atoms with Crippen molar-refractivity contribution in [3.05, 3.63) is 30.3 Å². The lowest BCUT2D eigenvalue weighted by Gasteiger charge is -2.40. The molecule has 2 aliphatic heterocycles. The fourth-order valence-corrected chi connectivity index (χ4v) is 3.18. The summed E-state index contributed by atoms with van der Waals surface area (Å²) in [7, 11) is 0. The predicted octanol–water partition coefficient (Wildman–Crippen LogP) is 1.48. The summed E-state index contributed by atoms with van der Waals surface area (Å²) in [6, 6.07) is 10.3. The van der Waals surface area contributed by atoms with Crippen LogP contribution in [0.3, 0.4) is 0 Å². The Morgan fingerprint density at radius 2 is 1.80 bits per heavy atom. The van der Waals surface area contributed by atoms with Gasteiger partial charge < -0.3 is 15.1 Å². The summed E-state index contributed by atoms with van der Waals surface area (Å²) in [4.78, 5) is 17.1. The minimum Gasteiger partial charge on any atom is -0.357 e. The highest BCUT2D eigenvalue weighted by molar-refractivity contribution is 5.86. The van der Waals surface area contributed by atoms with Gasteiger partial charge in [0.25, 0.3) is 0 Å². The number of carbonyl (C=O) groups excluding carboxylic acids is 1. The summed E-state index contributed by atoms with van der Waals surface area (Å²) < 4.78 is 0. The number of rotatable bonds is 2. The average molecular weight is 273 g/mol. The first-order valence-corrected chi connectivity index (χ1v) is 7.67. The number of likely N-dealkylation sites (tertiary alicyclic amines) is 1. The Bertz CT molecular complexity index is 442. The number of anilines is 1. The number of nitrogens with one attached hydrogen (secondary N) is 1. The van der Waals surface area contributed by atoms with E-state index < -0.39 is 0 Å². The molecule has 4 heteroatoms. The van der Waals surface area contributed by atoms with Crippen LogP contribution in [0, 0.1) is 0 Å². The van der Waals surface area contributed by atoms with E-state index in [9.17, 15) is 4.79 Å². The maximum atomic E-state index is 12.8. The van der Waals surface area contributed by atoms with Gasteiger partial charge in [-0.2, -0.15) is 0 Å². The number of piperazine rings is 1. The molecule has 2 fully saturated rings. The second kappa shape index (κ2) is 6.27. The van der Waals surface area contributed by atoms with Crippen molar-refractivity contribution in [2.24, 2.45) is 0 Å². The van der Waals surface area contributed by atoms with Crippen LogP contribution in [0.15, 0.2) is 30.3 Å². The molecule has 0 aliphatic carbocycles. The van der Waals surface area contributed by atoms with E-state index in [0.717, 1.165) is 51.3 Å². The summed E-state index contributed by atoms with van der Waals surface area (Å²) in [5.74, 6) is 0.292. The van der Waals surface area contributed by atoms with Crippen molar-refractivity contribution in [3.8, 4) is 0 Å². The van der Waals surface area contributed by atoms with Gasteiger partial charge in [-0.05, 0) is 31.4 Å². The molecule has 3 rings (SSSR count). The van der Waals surface area contributed by atoms with Gasteiger partial charge in [0.1, 0.15) is 6.04 Å². The van der Waals surface area contributed by atoms with E-state index in [1.54, 1.807) is 0 Å². The number of piperidine rings is 1. The third-order valence-corrected chi connectivity index (χ3v) is 4.28. The van der Waals surface area contributed by atoms with Crippen molar-refractivity contribution in [1.29, 1.82) is 0 Å². The molecule has 0 unspecified atom stereocenters. The van der Waals surface area contributed by atoms with Gasteiger partial charge in [0.15, 0.2) is 0 Å². The van der Waals surface area contributed by atoms with E-state index in [4.69, 9.17) is 0 Å². The fourth-order valence-electron chi connectivity index (χ4n) is 3.18. The minimum absolute atomic E-state index is 0.0516. The molecule has 1 aromatic carbocycles. The molecule has 108 valence electrons. The van der Waals surface area contributed by atoms with Crippen molar-refractivity contribution >= 4 is 11.6 Å². The number of amides is 1. The van der Waals surface area contributed by atoms with Crippen molar-refractivity contribution in [2.45, 2.75) is 25.3 Å². The smallest absolute Gasteiger partial charge is 0.246 e. The van der Waals surface area contributed by atoms with E-state index in [0.29, 0.717) is 5.91 Å². The van der Waals surface area contributed by atoms with Crippen molar-refractivity contribution < 1.29 is 4.79 Å². The number of para-hydroxylation sites is 1. The van der Waals surface area contributed by atoms with E-state index in [1.807, 2.05) is 18.2 Å². The van der Waals surface area contributed by atoms with Crippen LogP contribution in [-0.4, -0.2) is 49.6 Å². The zero-order chi connectivity index (χ0) is 13.8. The third kappa shape index (κ3) is 2.80. The topological polar surface area (TPSA) is 35.6 Å². The number of hydrogen-bond donors (Lipinski definition) is 1. The molecule has 4 nitrogen and oxygen atoms in total. The van der Waals surface area contributed by atoms with Crippen LogP contribution in [-0.2, 0) is 4.79 Å². The lowest BCUT2D eigenvalue weighted by Crippen LogP contribution is -2.59. The maximum Gasteiger partial charge on any atom is 0.246 e. The average Bonchev–Trinajstić information content (AvgIpc) is 2.56. The molecule has 0 bridgehead atoms. The third-order valence-electron chi connectivity index (χ3n) is 4.28. The van der Waals surface area contributed by atoms with E-state index >= 15 is 0 Å². The van der Waals surface area contributed by atoms with Crippen LogP contribution >= 0.6 is 0 Å². The van der Waals surface area contributed by atoms with Gasteiger partial charge in [-0.1, -0.05) is 18.2 Å². The first-order chi connectivity index (χ1) is 9.86. The molecule has 1 atom stereocenters. The minimum atomic E-state index is -0.0516. The summed E-state index contributed by atoms with van der Waals surface area (Å²) >= 11 is 0. The Hall–Kier alpha value is -1.55. The first-order valence-electron chi connectivity index (χ1n) is 7.67. The normalized spacial score (nSPS) is 23.7. The lowest BCUT2D eigenvalue weighted by molar-refractivity contribution is -0.133. The zero-order valence-electron chi connectivity index (χ0n) is 11.9. The van der Waals surface area contributed by atoms with Crippen LogP contribution in [0.1, 0.15) is 19.3 Å². The van der Waals surface area contributed by atoms with Crippen molar-refractivity contribution in [1.82, 2.24) is 10.2 Å². The van der Waals surface area contributed by atoms with Gasteiger partial charge >= 0.3 is 0 Å². The lowest BCUT2D eigenvalue weighted by atomic mass is 10.1. The molecule has 20 heavy (non-hydrogen) atoms. The first kappa shape index (κ1) is 13.4. The Morgan fingerprint density at radius 1 is 1.05 bits per heavy atom. The highest BCUT2D eigenvalue weighted by Gasteiger charge is 2.32. The zero-order valence-corrected chi connectivity index (χ0v) is 11.9. The van der Waals surface area contributed by atoms with Gasteiger partial charge in [0, 0.05) is 38.4 Å². The van der Waals surface area contributed by atoms with Gasteiger partial charge in [0.05, 0.1) is 0 Å². The van der Waals surface area contributed by atoms with Crippen LogP contribution in [0.5, 0.6) is 0 Å². The molecule has 1 N–H and O–H groups in total. The van der Waals surface area contributed by atoms with E-state index in [-0.39, 0.29) is 6.04 Å². The van der Waals surface area contributed by atoms with Crippen molar-refractivity contribution in [2.75, 3.05) is 37.6 Å². The maximum absolute atomic E-state index is 12.8. The number of nitrogens with zero attached hydrogens (tertiary/aromatic N) is 2. The predicted molar refractivity (Wildman–Crippen MR) is 80.9 cm³/mol. The number of hydrogen-bond acceptors (Lipinski definition) is 3. The van der Waals surface area contributed by atoms with Crippen LogP contribution in [0.4, 0.5) is 5.69 Å². The molecule has 1 amide bonds. The molecular formula is C16H23N3O. The quantitative estimate of drug-likeness (QED) is 0.886. The number of carbonyl (C=O) groups is 1. The summed E-state index contributed by atoms with van der Waals surface area (Å²) in [5, 5.41) is 3.37. The summed E-state index contributed by atoms with van der Waals surface area (Å²) in [5.41, 5.74) is 1.16. The molecule has 0 aromatic heterocycles. The Balaban J connectivity index is 1.76. The van der Waals surface area contributed by atoms with Gasteiger partial charge in [-0.15, -0.1) is 0 Å². The largest absolute Gasteiger partial charge is 0.357 e. The Kier molecular flexibility index (Phi) is 4.21. The standard InChI is InChI=1S/C16H23N3O/c20-16(18-10-5-2-6-11-18)15-13-17-9-12-19(15)14-7-3-1-4-8-14/h1,3-4,7-8,15,17H,2,5-6,9-13H2/t15-/m0/s1. The SMILES string of the molecule is O=C([C@@H]1CNCCN1c1ccccc1)N1CCCCC1. The fraction of sp³-hybridized carbons (Fsp3) is 0.562. The molecule has 1 aromatic rings. The molecule has 0 spiro atoms. The van der Waals surface area contributed by atoms with Gasteiger partial charge in [-0.3, -0.25) is 4.79 Å². The Labute approximate surface area is 120 Å². The highest BCUT2D eigenvalue weighted by Crippen LogP contribution is 2.20. The second-order valence-electron chi connectivity index (χ2n) is 5.63. The van der Waals surface area contributed by atoms with E-state index in [2.05, 4.69) is 27.2 Å². The number of benzene rings is 1. The molecule has 2 aliphatic rings. The monoisotopic (exact) mass is 273 g/mol. The molecular weight excluding hydrogens is 250 g/mol. The van der Waals surface area contributed by atoms with Gasteiger partial charge in [0.2, 0.25) is 5.91 Å². The Morgan fingerprint density at radius 3 is 2.55 bits per heavy atom. The molecule has 2 heterocycles. The van der Waals surface area contributed by atoms with E-state index in [1.165, 1.54) is 6.42 Å². The van der Waals surface area contributed by atoms with Crippen molar-refractivity contribution in [3.63, 3.8) is 0 Å².